The van der Waals surface area contributed by atoms with Crippen molar-refractivity contribution in [2.24, 2.45) is 7.05 Å². The predicted molar refractivity (Wildman–Crippen MR) is 147 cm³/mol. The second-order valence-electron chi connectivity index (χ2n) is 10.5. The van der Waals surface area contributed by atoms with Crippen LogP contribution in [0.2, 0.25) is 0 Å². The molecule has 0 spiro atoms. The largest absolute Gasteiger partial charge is 0.353 e. The summed E-state index contributed by atoms with van der Waals surface area (Å²) in [5.74, 6) is -0.863. The summed E-state index contributed by atoms with van der Waals surface area (Å²) in [5.41, 5.74) is 4.66. The summed E-state index contributed by atoms with van der Waals surface area (Å²) >= 11 is 0. The van der Waals surface area contributed by atoms with Crippen LogP contribution in [0.15, 0.2) is 65.5 Å². The van der Waals surface area contributed by atoms with Crippen molar-refractivity contribution in [3.63, 3.8) is 0 Å². The maximum Gasteiger partial charge on any atom is 0.277 e. The Labute approximate surface area is 224 Å². The molecule has 9 heteroatoms. The molecule has 4 aromatic rings. The molecule has 1 fully saturated rings. The van der Waals surface area contributed by atoms with Crippen LogP contribution in [0.5, 0.6) is 0 Å². The van der Waals surface area contributed by atoms with E-state index in [1.165, 1.54) is 29.2 Å². The first kappa shape index (κ1) is 25.2. The lowest BCUT2D eigenvalue weighted by atomic mass is 9.92. The average molecular weight is 530 g/mol. The number of anilines is 2. The number of carbonyl (C=O) groups excluding carboxylic acids is 1. The van der Waals surface area contributed by atoms with Gasteiger partial charge in [-0.3, -0.25) is 14.5 Å². The molecule has 0 aliphatic carbocycles. The third-order valence-corrected chi connectivity index (χ3v) is 8.06. The molecule has 2 aromatic heterocycles. The van der Waals surface area contributed by atoms with Gasteiger partial charge < -0.3 is 14.4 Å². The number of nitrogens with zero attached hydrogens (tertiary/aromatic N) is 5. The molecule has 1 amide bonds. The first-order valence-electron chi connectivity index (χ1n) is 13.0. The summed E-state index contributed by atoms with van der Waals surface area (Å²) < 4.78 is 29.2. The van der Waals surface area contributed by atoms with Gasteiger partial charge in [0, 0.05) is 38.9 Å². The number of amides is 1. The normalized spacial score (nSPS) is 19.5. The Kier molecular flexibility index (Phi) is 5.99. The quantitative estimate of drug-likeness (QED) is 0.399. The standard InChI is InChI=1S/C30H29F2N5O2/c1-17-5-14-23-25(33-17)27-28(30(39)34(23)3)35(4)29(38)24-16-36(18(2)15-37(24)27)26(19-6-10-21(31)11-7-19)20-8-12-22(32)13-9-20/h5-14,18,24,26H,15-16H2,1-4H3/t18-,24-/m1/s1. The monoisotopic (exact) mass is 529 g/mol. The average Bonchev–Trinajstić information content (AvgIpc) is 2.92. The molecule has 39 heavy (non-hydrogen) atoms. The van der Waals surface area contributed by atoms with Crippen LogP contribution in [-0.4, -0.2) is 52.6 Å². The molecule has 1 saturated heterocycles. The number of fused-ring (bicyclic) bond motifs is 5. The van der Waals surface area contributed by atoms with Crippen LogP contribution >= 0.6 is 0 Å². The zero-order chi connectivity index (χ0) is 27.6. The highest BCUT2D eigenvalue weighted by molar-refractivity contribution is 6.10. The molecule has 0 saturated carbocycles. The van der Waals surface area contributed by atoms with Crippen molar-refractivity contribution in [2.45, 2.75) is 32.0 Å². The second kappa shape index (κ2) is 9.27. The molecule has 4 heterocycles. The number of halogens is 2. The maximum atomic E-state index is 13.8. The Hall–Kier alpha value is -4.11. The van der Waals surface area contributed by atoms with Crippen LogP contribution in [0.25, 0.3) is 11.0 Å². The van der Waals surface area contributed by atoms with Crippen molar-refractivity contribution >= 4 is 28.3 Å². The molecule has 0 unspecified atom stereocenters. The molecule has 200 valence electrons. The number of hydrogen-bond acceptors (Lipinski definition) is 5. The molecule has 2 aliphatic heterocycles. The highest BCUT2D eigenvalue weighted by Crippen LogP contribution is 2.42. The van der Waals surface area contributed by atoms with E-state index in [2.05, 4.69) is 11.8 Å². The number of rotatable bonds is 3. The lowest BCUT2D eigenvalue weighted by Crippen LogP contribution is -2.66. The van der Waals surface area contributed by atoms with Crippen molar-refractivity contribution in [3.05, 3.63) is 99.5 Å². The molecule has 2 aromatic carbocycles. The van der Waals surface area contributed by atoms with E-state index in [9.17, 15) is 18.4 Å². The highest BCUT2D eigenvalue weighted by Gasteiger charge is 2.46. The highest BCUT2D eigenvalue weighted by atomic mass is 19.1. The summed E-state index contributed by atoms with van der Waals surface area (Å²) in [6.07, 6.45) is 0. The van der Waals surface area contributed by atoms with Gasteiger partial charge in [-0.1, -0.05) is 24.3 Å². The number of pyridine rings is 2. The number of carbonyl (C=O) groups is 1. The smallest absolute Gasteiger partial charge is 0.277 e. The lowest BCUT2D eigenvalue weighted by Gasteiger charge is -2.52. The van der Waals surface area contributed by atoms with Crippen LogP contribution in [-0.2, 0) is 11.8 Å². The molecule has 0 N–H and O–H groups in total. The number of likely N-dealkylation sites (N-methyl/N-ethyl adjacent to an activating group) is 1. The Morgan fingerprint density at radius 2 is 1.44 bits per heavy atom. The summed E-state index contributed by atoms with van der Waals surface area (Å²) in [4.78, 5) is 37.8. The van der Waals surface area contributed by atoms with Gasteiger partial charge in [-0.2, -0.15) is 0 Å². The van der Waals surface area contributed by atoms with Crippen LogP contribution in [0, 0.1) is 18.6 Å². The number of hydrogen-bond donors (Lipinski definition) is 0. The fourth-order valence-electron chi connectivity index (χ4n) is 6.06. The van der Waals surface area contributed by atoms with Crippen LogP contribution in [0.1, 0.15) is 29.8 Å². The zero-order valence-corrected chi connectivity index (χ0v) is 22.2. The molecule has 0 bridgehead atoms. The minimum absolute atomic E-state index is 0.0747. The number of piperazine rings is 1. The fraction of sp³-hybridized carbons (Fsp3) is 0.300. The number of aryl methyl sites for hydroxylation is 2. The number of benzene rings is 2. The molecule has 0 radical (unpaired) electrons. The zero-order valence-electron chi connectivity index (χ0n) is 22.2. The van der Waals surface area contributed by atoms with E-state index in [-0.39, 0.29) is 35.2 Å². The molecular weight excluding hydrogens is 500 g/mol. The van der Waals surface area contributed by atoms with Crippen LogP contribution in [0.3, 0.4) is 0 Å². The van der Waals surface area contributed by atoms with Crippen molar-refractivity contribution in [1.29, 1.82) is 0 Å². The minimum atomic E-state index is -0.570. The van der Waals surface area contributed by atoms with Crippen LogP contribution < -0.4 is 15.4 Å². The van der Waals surface area contributed by atoms with E-state index in [1.54, 1.807) is 42.9 Å². The summed E-state index contributed by atoms with van der Waals surface area (Å²) in [5, 5.41) is 0. The van der Waals surface area contributed by atoms with Crippen molar-refractivity contribution in [2.75, 3.05) is 29.9 Å². The predicted octanol–water partition coefficient (Wildman–Crippen LogP) is 4.17. The van der Waals surface area contributed by atoms with E-state index in [0.29, 0.717) is 35.5 Å². The SMILES string of the molecule is Cc1ccc2c(n1)c1c(c(=O)n2C)N(C)C(=O)[C@H]2CN(C(c3ccc(F)cc3)c3ccc(F)cc3)[C@H](C)CN12. The molecule has 7 nitrogen and oxygen atoms in total. The second-order valence-corrected chi connectivity index (χ2v) is 10.5. The first-order chi connectivity index (χ1) is 18.7. The van der Waals surface area contributed by atoms with Crippen LogP contribution in [0.4, 0.5) is 20.2 Å². The van der Waals surface area contributed by atoms with Gasteiger partial charge in [-0.05, 0) is 61.4 Å². The van der Waals surface area contributed by atoms with Crippen molar-refractivity contribution < 1.29 is 13.6 Å². The molecule has 2 atom stereocenters. The Balaban J connectivity index is 1.49. The maximum absolute atomic E-state index is 13.8. The van der Waals surface area contributed by atoms with Gasteiger partial charge in [0.05, 0.1) is 17.2 Å². The van der Waals surface area contributed by atoms with E-state index in [0.717, 1.165) is 16.8 Å². The summed E-state index contributed by atoms with van der Waals surface area (Å²) in [6, 6.07) is 15.4. The van der Waals surface area contributed by atoms with Gasteiger partial charge in [0.25, 0.3) is 11.5 Å². The molecular formula is C30H29F2N5O2. The van der Waals surface area contributed by atoms with Gasteiger partial charge in [0.2, 0.25) is 0 Å². The van der Waals surface area contributed by atoms with E-state index >= 15 is 0 Å². The van der Waals surface area contributed by atoms with E-state index < -0.39 is 6.04 Å². The van der Waals surface area contributed by atoms with Crippen molar-refractivity contribution in [1.82, 2.24) is 14.5 Å². The summed E-state index contributed by atoms with van der Waals surface area (Å²) in [7, 11) is 3.34. The van der Waals surface area contributed by atoms with Gasteiger partial charge in [-0.15, -0.1) is 0 Å². The van der Waals surface area contributed by atoms with Crippen molar-refractivity contribution in [3.8, 4) is 0 Å². The summed E-state index contributed by atoms with van der Waals surface area (Å²) in [6.45, 7) is 4.79. The number of aromatic nitrogens is 2. The third kappa shape index (κ3) is 3.99. The topological polar surface area (TPSA) is 61.7 Å². The third-order valence-electron chi connectivity index (χ3n) is 8.06. The lowest BCUT2D eigenvalue weighted by molar-refractivity contribution is -0.121. The van der Waals surface area contributed by atoms with Gasteiger partial charge in [0.1, 0.15) is 28.9 Å². The Morgan fingerprint density at radius 1 is 0.846 bits per heavy atom. The molecule has 2 aliphatic rings. The first-order valence-corrected chi connectivity index (χ1v) is 13.0. The minimum Gasteiger partial charge on any atom is -0.353 e. The van der Waals surface area contributed by atoms with E-state index in [1.807, 2.05) is 24.0 Å². The van der Waals surface area contributed by atoms with Gasteiger partial charge in [0.15, 0.2) is 0 Å². The van der Waals surface area contributed by atoms with Gasteiger partial charge >= 0.3 is 0 Å². The fourth-order valence-corrected chi connectivity index (χ4v) is 6.06. The Bertz CT molecular complexity index is 1610. The van der Waals surface area contributed by atoms with E-state index in [4.69, 9.17) is 4.98 Å². The Morgan fingerprint density at radius 3 is 2.03 bits per heavy atom. The molecule has 6 rings (SSSR count). The van der Waals surface area contributed by atoms with Gasteiger partial charge in [-0.25, -0.2) is 13.8 Å².